The Labute approximate surface area is 358 Å². The second-order valence-electron chi connectivity index (χ2n) is 16.8. The van der Waals surface area contributed by atoms with E-state index in [9.17, 15) is 43.7 Å². The maximum absolute atomic E-state index is 13.0. The van der Waals surface area contributed by atoms with Crippen molar-refractivity contribution in [3.8, 4) is 22.9 Å². The summed E-state index contributed by atoms with van der Waals surface area (Å²) in [6.45, 7) is 8.41. The van der Waals surface area contributed by atoms with E-state index in [0.717, 1.165) is 11.1 Å². The van der Waals surface area contributed by atoms with Crippen molar-refractivity contribution in [1.82, 2.24) is 30.3 Å². The molecular weight excluding hydrogens is 865 g/mol. The van der Waals surface area contributed by atoms with E-state index in [0.29, 0.717) is 76.5 Å². The van der Waals surface area contributed by atoms with Crippen LogP contribution in [-0.2, 0) is 41.7 Å². The van der Waals surface area contributed by atoms with E-state index in [1.165, 1.54) is 6.33 Å². The number of nitrogens with zero attached hydrogens (tertiary/aromatic N) is 7. The number of carbonyl (C=O) groups excluding carboxylic acids is 1. The molecule has 3 aliphatic heterocycles. The number of nitrogens with one attached hydrogen (secondary N) is 1. The van der Waals surface area contributed by atoms with Gasteiger partial charge in [0.1, 0.15) is 23.3 Å². The Kier molecular flexibility index (Phi) is 12.1. The minimum absolute atomic E-state index is 0.0497. The molecule has 19 nitrogen and oxygen atoms in total. The summed E-state index contributed by atoms with van der Waals surface area (Å²) >= 11 is 0. The maximum Gasteiger partial charge on any atom is 0.269 e. The van der Waals surface area contributed by atoms with Gasteiger partial charge in [-0.1, -0.05) is 24.3 Å². The van der Waals surface area contributed by atoms with Gasteiger partial charge < -0.3 is 15.0 Å². The van der Waals surface area contributed by atoms with Crippen LogP contribution in [0.4, 0.5) is 11.4 Å². The predicted octanol–water partition coefficient (Wildman–Crippen LogP) is 2.88. The largest absolute Gasteiger partial charge is 0.452 e. The summed E-state index contributed by atoms with van der Waals surface area (Å²) in [4.78, 5) is 20.0. The van der Waals surface area contributed by atoms with Gasteiger partial charge in [-0.25, -0.2) is 9.57 Å². The fourth-order valence-electron chi connectivity index (χ4n) is 8.53. The van der Waals surface area contributed by atoms with Gasteiger partial charge >= 0.3 is 0 Å². The van der Waals surface area contributed by atoms with E-state index in [-0.39, 0.29) is 30.9 Å². The summed E-state index contributed by atoms with van der Waals surface area (Å²) in [5, 5.41) is 19.2. The molecule has 62 heavy (non-hydrogen) atoms. The fraction of sp³-hybridized carbons (Fsp3) is 0.425. The lowest BCUT2D eigenvalue weighted by Crippen LogP contribution is -2.50. The minimum atomic E-state index is -4.49. The van der Waals surface area contributed by atoms with E-state index >= 15 is 0 Å². The van der Waals surface area contributed by atoms with Gasteiger partial charge in [-0.05, 0) is 61.6 Å². The number of amides is 1. The third-order valence-corrected chi connectivity index (χ3v) is 13.4. The highest BCUT2D eigenvalue weighted by atomic mass is 32.2. The molecule has 0 saturated carbocycles. The molecule has 4 N–H and O–H groups in total. The normalized spacial score (nSPS) is 17.7. The third-order valence-electron chi connectivity index (χ3n) is 11.1. The lowest BCUT2D eigenvalue weighted by Gasteiger charge is -2.48. The Morgan fingerprint density at radius 2 is 1.61 bits per heavy atom. The maximum atomic E-state index is 13.0. The second-order valence-corrected chi connectivity index (χ2v) is 21.4. The van der Waals surface area contributed by atoms with Crippen LogP contribution in [0, 0.1) is 0 Å². The van der Waals surface area contributed by atoms with Crippen LogP contribution in [0.2, 0.25) is 0 Å². The first-order chi connectivity index (χ1) is 28.9. The molecule has 0 spiro atoms. The number of aromatic nitrogens is 4. The number of rotatable bonds is 15. The first-order valence-corrected chi connectivity index (χ1v) is 24.5. The molecular formula is C40H47N8O11S3+. The summed E-state index contributed by atoms with van der Waals surface area (Å²) in [6, 6.07) is 14.1. The van der Waals surface area contributed by atoms with Gasteiger partial charge in [0.25, 0.3) is 30.4 Å². The molecule has 0 aliphatic carbocycles. The Balaban J connectivity index is 1.18. The molecule has 22 heteroatoms. The standard InChI is InChI=1S/C40H46N8O11S3/c1-39(2)19-27(22-61(53,54)55)29-15-31-35(17-33(29)47(39)12-5-7-37(49)41-21-25-8-10-26(11-9-25)38-45-42-24-43-46-38)59-36-18-34-30(16-32(36)44-31)28(23-62(56,57)58)20-40(3,4)48(34)13-6-14-60(50,51)52/h8-11,15-18,20,24,27H,5-7,12-14,19,21-23H2,1-4H3,(H3-,41,49,50,51,52,53,54,55,56,57,58)/p+1. The van der Waals surface area contributed by atoms with Crippen molar-refractivity contribution >= 4 is 53.2 Å². The van der Waals surface area contributed by atoms with Crippen LogP contribution in [0.15, 0.2) is 65.9 Å². The summed E-state index contributed by atoms with van der Waals surface area (Å²) in [6.07, 6.45) is 3.96. The molecule has 4 heterocycles. The molecule has 1 unspecified atom stereocenters. The zero-order chi connectivity index (χ0) is 44.8. The number of ether oxygens (including phenoxy) is 1. The number of carbonyl (C=O) groups is 1. The SMILES string of the molecule is CC1(C)CC(CS(=O)(=O)O)c2cc3c(cc2N1CCCC(=O)NCc1ccc(-c2nncnn2)cc1)Oc1cc2c(cc1=N3)C(CS(=O)(=O)O)=CC(C)(C)[N+]=2CCCS(=O)(=O)O. The zero-order valence-corrected chi connectivity index (χ0v) is 36.8. The van der Waals surface area contributed by atoms with Crippen LogP contribution in [0.1, 0.15) is 76.0 Å². The summed E-state index contributed by atoms with van der Waals surface area (Å²) in [7, 11) is -13.2. The highest BCUT2D eigenvalue weighted by Gasteiger charge is 2.41. The average molecular weight is 912 g/mol. The molecule has 1 amide bonds. The van der Waals surface area contributed by atoms with Crippen molar-refractivity contribution in [2.75, 3.05) is 35.2 Å². The van der Waals surface area contributed by atoms with E-state index in [1.807, 2.05) is 42.7 Å². The lowest BCUT2D eigenvalue weighted by atomic mass is 9.79. The van der Waals surface area contributed by atoms with E-state index < -0.39 is 64.6 Å². The van der Waals surface area contributed by atoms with Gasteiger partial charge in [-0.3, -0.25) is 18.5 Å². The van der Waals surface area contributed by atoms with Gasteiger partial charge in [0.15, 0.2) is 23.4 Å². The van der Waals surface area contributed by atoms with Crippen molar-refractivity contribution in [2.45, 2.75) is 76.9 Å². The number of hydrogen-bond donors (Lipinski definition) is 4. The van der Waals surface area contributed by atoms with Crippen LogP contribution in [0.25, 0.3) is 17.0 Å². The highest BCUT2D eigenvalue weighted by molar-refractivity contribution is 7.86. The molecule has 3 aromatic carbocycles. The monoisotopic (exact) mass is 911 g/mol. The minimum Gasteiger partial charge on any atom is -0.452 e. The topological polar surface area (TPSA) is 272 Å². The Bertz CT molecular complexity index is 2930. The van der Waals surface area contributed by atoms with E-state index in [4.69, 9.17) is 9.73 Å². The number of anilines is 1. The predicted molar refractivity (Wildman–Crippen MR) is 228 cm³/mol. The van der Waals surface area contributed by atoms with Gasteiger partial charge in [0, 0.05) is 68.6 Å². The number of hydrogen-bond acceptors (Lipinski definition) is 14. The first kappa shape index (κ1) is 44.8. The Morgan fingerprint density at radius 1 is 0.903 bits per heavy atom. The molecule has 1 atom stereocenters. The van der Waals surface area contributed by atoms with Crippen molar-refractivity contribution in [3.63, 3.8) is 0 Å². The summed E-state index contributed by atoms with van der Waals surface area (Å²) < 4.78 is 110. The summed E-state index contributed by atoms with van der Waals surface area (Å²) in [5.74, 6) is -1.52. The van der Waals surface area contributed by atoms with Crippen LogP contribution < -0.4 is 30.2 Å². The van der Waals surface area contributed by atoms with Gasteiger partial charge in [-0.2, -0.15) is 25.3 Å². The van der Waals surface area contributed by atoms with Crippen molar-refractivity contribution in [2.24, 2.45) is 4.99 Å². The fourth-order valence-corrected chi connectivity index (χ4v) is 10.5. The van der Waals surface area contributed by atoms with E-state index in [2.05, 4.69) is 30.6 Å². The third kappa shape index (κ3) is 10.5. The Hall–Kier alpha value is -5.26. The molecule has 0 fully saturated rings. The number of fused-ring (bicyclic) bond motifs is 4. The van der Waals surface area contributed by atoms with Crippen molar-refractivity contribution in [1.29, 1.82) is 0 Å². The molecule has 0 saturated heterocycles. The van der Waals surface area contributed by atoms with E-state index in [1.54, 1.807) is 44.2 Å². The van der Waals surface area contributed by atoms with Gasteiger partial charge in [-0.15, -0.1) is 20.4 Å². The van der Waals surface area contributed by atoms with Crippen molar-refractivity contribution in [3.05, 3.63) is 88.3 Å². The summed E-state index contributed by atoms with van der Waals surface area (Å²) in [5.41, 5.74) is 2.41. The smallest absolute Gasteiger partial charge is 0.269 e. The quantitative estimate of drug-likeness (QED) is 0.0869. The van der Waals surface area contributed by atoms with Crippen LogP contribution in [0.5, 0.6) is 11.5 Å². The van der Waals surface area contributed by atoms with Crippen LogP contribution in [0.3, 0.4) is 0 Å². The molecule has 330 valence electrons. The lowest BCUT2D eigenvalue weighted by molar-refractivity contribution is -0.121. The Morgan fingerprint density at radius 3 is 2.27 bits per heavy atom. The van der Waals surface area contributed by atoms with Gasteiger partial charge in [0.2, 0.25) is 17.1 Å². The molecule has 3 aliphatic rings. The molecule has 0 bridgehead atoms. The van der Waals surface area contributed by atoms with Crippen LogP contribution >= 0.6 is 0 Å². The molecule has 7 rings (SSSR count). The number of benzene rings is 3. The average Bonchev–Trinajstić information content (AvgIpc) is 3.16. The highest BCUT2D eigenvalue weighted by Crippen LogP contribution is 2.49. The first-order valence-electron chi connectivity index (χ1n) is 19.7. The van der Waals surface area contributed by atoms with Gasteiger partial charge in [0.05, 0.1) is 23.1 Å². The molecule has 1 aromatic heterocycles. The second kappa shape index (κ2) is 16.8. The van der Waals surface area contributed by atoms with Crippen molar-refractivity contribution < 1.29 is 48.4 Å². The van der Waals surface area contributed by atoms with Crippen LogP contribution in [-0.4, -0.2) is 107 Å². The zero-order valence-electron chi connectivity index (χ0n) is 34.4. The molecule has 0 radical (unpaired) electrons. The molecule has 4 aromatic rings.